The summed E-state index contributed by atoms with van der Waals surface area (Å²) >= 11 is 6.36. The van der Waals surface area contributed by atoms with Crippen LogP contribution in [0.2, 0.25) is 0 Å². The number of rotatable bonds is 2. The molecule has 12 heavy (non-hydrogen) atoms. The molecule has 1 aliphatic rings. The van der Waals surface area contributed by atoms with E-state index in [1.54, 1.807) is 0 Å². The van der Waals surface area contributed by atoms with Crippen molar-refractivity contribution in [1.82, 2.24) is 0 Å². The Morgan fingerprint density at radius 1 is 1.42 bits per heavy atom. The summed E-state index contributed by atoms with van der Waals surface area (Å²) in [6.07, 6.45) is 1.02. The molecule has 0 amide bonds. The topological polar surface area (TPSA) is 26.0 Å². The largest absolute Gasteiger partial charge is 0.330 e. The van der Waals surface area contributed by atoms with Gasteiger partial charge in [0.05, 0.1) is 4.87 Å². The number of benzene rings is 1. The van der Waals surface area contributed by atoms with E-state index in [0.29, 0.717) is 12.5 Å². The highest BCUT2D eigenvalue weighted by Crippen LogP contribution is 2.57. The van der Waals surface area contributed by atoms with Crippen LogP contribution in [0.5, 0.6) is 0 Å². The van der Waals surface area contributed by atoms with Crippen LogP contribution in [0, 0.1) is 5.92 Å². The normalized spacial score (nSPS) is 33.3. The Morgan fingerprint density at radius 2 is 2.08 bits per heavy atom. The number of hydrogen-bond acceptors (Lipinski definition) is 1. The van der Waals surface area contributed by atoms with Crippen LogP contribution in [0.15, 0.2) is 30.3 Å². The Kier molecular flexibility index (Phi) is 1.85. The monoisotopic (exact) mass is 181 g/mol. The van der Waals surface area contributed by atoms with Gasteiger partial charge < -0.3 is 5.73 Å². The van der Waals surface area contributed by atoms with Gasteiger partial charge in [-0.05, 0) is 24.4 Å². The number of alkyl halides is 1. The molecule has 0 saturated heterocycles. The molecule has 1 saturated carbocycles. The first-order valence-corrected chi connectivity index (χ1v) is 4.59. The van der Waals surface area contributed by atoms with Crippen LogP contribution in [0.1, 0.15) is 12.0 Å². The number of hydrogen-bond donors (Lipinski definition) is 1. The van der Waals surface area contributed by atoms with E-state index < -0.39 is 0 Å². The standard InChI is InChI=1S/C10H12ClN/c11-10(6-9(10)7-12)8-4-2-1-3-5-8/h1-5,9H,6-7,12H2. The summed E-state index contributed by atoms with van der Waals surface area (Å²) in [6.45, 7) is 0.693. The van der Waals surface area contributed by atoms with Gasteiger partial charge in [0.2, 0.25) is 0 Å². The van der Waals surface area contributed by atoms with E-state index in [-0.39, 0.29) is 4.87 Å². The summed E-state index contributed by atoms with van der Waals surface area (Å²) in [5.74, 6) is 0.474. The second-order valence-corrected chi connectivity index (χ2v) is 4.04. The molecule has 1 nitrogen and oxygen atoms in total. The molecule has 2 unspecified atom stereocenters. The van der Waals surface area contributed by atoms with Crippen molar-refractivity contribution in [1.29, 1.82) is 0 Å². The van der Waals surface area contributed by atoms with Gasteiger partial charge in [0.25, 0.3) is 0 Å². The molecule has 1 aliphatic carbocycles. The van der Waals surface area contributed by atoms with E-state index in [4.69, 9.17) is 17.3 Å². The predicted octanol–water partition coefficient (Wildman–Crippen LogP) is 2.10. The molecule has 64 valence electrons. The van der Waals surface area contributed by atoms with Crippen molar-refractivity contribution in [2.75, 3.05) is 6.54 Å². The molecular formula is C10H12ClN. The van der Waals surface area contributed by atoms with Crippen molar-refractivity contribution in [2.24, 2.45) is 11.7 Å². The highest BCUT2D eigenvalue weighted by Gasteiger charge is 2.52. The lowest BCUT2D eigenvalue weighted by molar-refractivity contribution is 0.774. The van der Waals surface area contributed by atoms with Crippen LogP contribution in [-0.2, 0) is 4.87 Å². The summed E-state index contributed by atoms with van der Waals surface area (Å²) in [6, 6.07) is 10.2. The van der Waals surface area contributed by atoms with Crippen LogP contribution in [0.25, 0.3) is 0 Å². The first kappa shape index (κ1) is 8.09. The van der Waals surface area contributed by atoms with Crippen LogP contribution in [0.3, 0.4) is 0 Å². The number of nitrogens with two attached hydrogens (primary N) is 1. The summed E-state index contributed by atoms with van der Waals surface area (Å²) in [5, 5.41) is 0. The SMILES string of the molecule is NCC1CC1(Cl)c1ccccc1. The average Bonchev–Trinajstić information content (AvgIpc) is 2.81. The van der Waals surface area contributed by atoms with Crippen molar-refractivity contribution in [3.63, 3.8) is 0 Å². The molecule has 1 aromatic carbocycles. The van der Waals surface area contributed by atoms with Gasteiger partial charge in [-0.1, -0.05) is 30.3 Å². The first-order chi connectivity index (χ1) is 5.77. The summed E-state index contributed by atoms with van der Waals surface area (Å²) in [4.78, 5) is -0.143. The van der Waals surface area contributed by atoms with E-state index in [2.05, 4.69) is 12.1 Å². The third-order valence-electron chi connectivity index (χ3n) is 2.57. The maximum atomic E-state index is 6.36. The predicted molar refractivity (Wildman–Crippen MR) is 51.1 cm³/mol. The van der Waals surface area contributed by atoms with Crippen LogP contribution in [-0.4, -0.2) is 6.54 Å². The van der Waals surface area contributed by atoms with Crippen molar-refractivity contribution in [3.8, 4) is 0 Å². The van der Waals surface area contributed by atoms with Gasteiger partial charge >= 0.3 is 0 Å². The molecular weight excluding hydrogens is 170 g/mol. The Hall–Kier alpha value is -0.530. The summed E-state index contributed by atoms with van der Waals surface area (Å²) in [5.41, 5.74) is 6.77. The smallest absolute Gasteiger partial charge is 0.0739 e. The Morgan fingerprint density at radius 3 is 2.58 bits per heavy atom. The maximum Gasteiger partial charge on any atom is 0.0739 e. The van der Waals surface area contributed by atoms with E-state index in [1.165, 1.54) is 5.56 Å². The van der Waals surface area contributed by atoms with Crippen LogP contribution < -0.4 is 5.73 Å². The lowest BCUT2D eigenvalue weighted by Gasteiger charge is -2.07. The fourth-order valence-corrected chi connectivity index (χ4v) is 2.04. The fourth-order valence-electron chi connectivity index (χ4n) is 1.64. The quantitative estimate of drug-likeness (QED) is 0.695. The molecule has 2 N–H and O–H groups in total. The highest BCUT2D eigenvalue weighted by atomic mass is 35.5. The Balaban J connectivity index is 2.23. The lowest BCUT2D eigenvalue weighted by atomic mass is 10.1. The zero-order valence-corrected chi connectivity index (χ0v) is 7.59. The third-order valence-corrected chi connectivity index (χ3v) is 3.25. The maximum absolute atomic E-state index is 6.36. The third kappa shape index (κ3) is 1.13. The van der Waals surface area contributed by atoms with Gasteiger partial charge in [0, 0.05) is 0 Å². The molecule has 2 rings (SSSR count). The second kappa shape index (κ2) is 2.75. The zero-order valence-electron chi connectivity index (χ0n) is 6.83. The minimum Gasteiger partial charge on any atom is -0.330 e. The van der Waals surface area contributed by atoms with Gasteiger partial charge in [-0.3, -0.25) is 0 Å². The molecule has 0 bridgehead atoms. The fraction of sp³-hybridized carbons (Fsp3) is 0.400. The van der Waals surface area contributed by atoms with Gasteiger partial charge in [0.15, 0.2) is 0 Å². The van der Waals surface area contributed by atoms with Gasteiger partial charge in [-0.2, -0.15) is 0 Å². The summed E-state index contributed by atoms with van der Waals surface area (Å²) < 4.78 is 0. The molecule has 0 aliphatic heterocycles. The van der Waals surface area contributed by atoms with E-state index >= 15 is 0 Å². The first-order valence-electron chi connectivity index (χ1n) is 4.22. The van der Waals surface area contributed by atoms with E-state index in [0.717, 1.165) is 6.42 Å². The van der Waals surface area contributed by atoms with Gasteiger partial charge in [-0.25, -0.2) is 0 Å². The van der Waals surface area contributed by atoms with Crippen molar-refractivity contribution < 1.29 is 0 Å². The Bertz CT molecular complexity index is 272. The lowest BCUT2D eigenvalue weighted by Crippen LogP contribution is -2.09. The number of halogens is 1. The van der Waals surface area contributed by atoms with Gasteiger partial charge in [0.1, 0.15) is 0 Å². The molecule has 0 spiro atoms. The van der Waals surface area contributed by atoms with E-state index in [1.807, 2.05) is 18.2 Å². The molecule has 1 fully saturated rings. The molecule has 2 atom stereocenters. The molecule has 0 radical (unpaired) electrons. The highest BCUT2D eigenvalue weighted by molar-refractivity contribution is 6.26. The van der Waals surface area contributed by atoms with Crippen LogP contribution >= 0.6 is 11.6 Å². The molecule has 2 heteroatoms. The molecule has 0 heterocycles. The average molecular weight is 182 g/mol. The minimum absolute atomic E-state index is 0.143. The summed E-state index contributed by atoms with van der Waals surface area (Å²) in [7, 11) is 0. The molecule has 0 aromatic heterocycles. The van der Waals surface area contributed by atoms with Crippen molar-refractivity contribution in [2.45, 2.75) is 11.3 Å². The minimum atomic E-state index is -0.143. The van der Waals surface area contributed by atoms with Crippen molar-refractivity contribution >= 4 is 11.6 Å². The Labute approximate surface area is 77.5 Å². The van der Waals surface area contributed by atoms with Crippen molar-refractivity contribution in [3.05, 3.63) is 35.9 Å². The van der Waals surface area contributed by atoms with Crippen LogP contribution in [0.4, 0.5) is 0 Å². The second-order valence-electron chi connectivity index (χ2n) is 3.37. The zero-order chi connectivity index (χ0) is 8.60. The van der Waals surface area contributed by atoms with Gasteiger partial charge in [-0.15, -0.1) is 11.6 Å². The molecule has 1 aromatic rings. The van der Waals surface area contributed by atoms with E-state index in [9.17, 15) is 0 Å².